The second-order valence-corrected chi connectivity index (χ2v) is 5.69. The van der Waals surface area contributed by atoms with E-state index in [1.54, 1.807) is 7.11 Å². The van der Waals surface area contributed by atoms with Crippen molar-refractivity contribution in [3.63, 3.8) is 0 Å². The van der Waals surface area contributed by atoms with E-state index in [1.165, 1.54) is 0 Å². The van der Waals surface area contributed by atoms with Crippen molar-refractivity contribution in [1.29, 1.82) is 0 Å². The van der Waals surface area contributed by atoms with Crippen LogP contribution in [0.2, 0.25) is 0 Å². The average molecular weight is 330 g/mol. The number of hydrogen-bond donors (Lipinski definition) is 0. The van der Waals surface area contributed by atoms with Crippen molar-refractivity contribution < 1.29 is 9.47 Å². The fraction of sp³-hybridized carbons (Fsp3) is 0.0952. The summed E-state index contributed by atoms with van der Waals surface area (Å²) in [5.41, 5.74) is 3.98. The minimum Gasteiger partial charge on any atom is -0.493 e. The predicted octanol–water partition coefficient (Wildman–Crippen LogP) is 4.61. The van der Waals surface area contributed by atoms with Crippen molar-refractivity contribution in [1.82, 2.24) is 9.55 Å². The lowest BCUT2D eigenvalue weighted by Crippen LogP contribution is -2.03. The standard InChI is InChI=1S/C21H18N2O2/c1-24-20-13-7-12-19(21(20)25-14-16-8-3-2-4-9-16)23-15-22-17-10-5-6-11-18(17)23/h2-13,15H,14H2,1H3. The van der Waals surface area contributed by atoms with Crippen LogP contribution in [0.5, 0.6) is 11.5 Å². The SMILES string of the molecule is COc1cccc(-n2cnc3ccccc32)c1OCc1ccccc1. The zero-order valence-electron chi connectivity index (χ0n) is 13.9. The predicted molar refractivity (Wildman–Crippen MR) is 98.4 cm³/mol. The highest BCUT2D eigenvalue weighted by Crippen LogP contribution is 2.35. The number of fused-ring (bicyclic) bond motifs is 1. The number of para-hydroxylation sites is 3. The fourth-order valence-electron chi connectivity index (χ4n) is 2.88. The normalized spacial score (nSPS) is 10.8. The Kier molecular flexibility index (Phi) is 4.09. The van der Waals surface area contributed by atoms with Crippen LogP contribution in [-0.2, 0) is 6.61 Å². The first kappa shape index (κ1) is 15.3. The zero-order valence-corrected chi connectivity index (χ0v) is 13.9. The summed E-state index contributed by atoms with van der Waals surface area (Å²) in [5.74, 6) is 1.41. The molecule has 25 heavy (non-hydrogen) atoms. The van der Waals surface area contributed by atoms with Gasteiger partial charge in [-0.05, 0) is 29.8 Å². The molecule has 0 spiro atoms. The number of benzene rings is 3. The summed E-state index contributed by atoms with van der Waals surface area (Å²) in [4.78, 5) is 4.48. The monoisotopic (exact) mass is 330 g/mol. The van der Waals surface area contributed by atoms with Gasteiger partial charge in [-0.2, -0.15) is 0 Å². The van der Waals surface area contributed by atoms with Crippen LogP contribution in [0.4, 0.5) is 0 Å². The molecule has 0 bridgehead atoms. The van der Waals surface area contributed by atoms with Gasteiger partial charge in [0.25, 0.3) is 0 Å². The molecule has 0 saturated heterocycles. The maximum absolute atomic E-state index is 6.14. The van der Waals surface area contributed by atoms with Gasteiger partial charge in [0.05, 0.1) is 23.8 Å². The largest absolute Gasteiger partial charge is 0.493 e. The summed E-state index contributed by atoms with van der Waals surface area (Å²) in [6.07, 6.45) is 1.81. The molecule has 4 rings (SSSR count). The molecule has 0 aliphatic rings. The van der Waals surface area contributed by atoms with E-state index in [1.807, 2.05) is 83.7 Å². The third kappa shape index (κ3) is 2.94. The molecule has 0 atom stereocenters. The van der Waals surface area contributed by atoms with Crippen LogP contribution in [0.1, 0.15) is 5.56 Å². The molecule has 0 unspecified atom stereocenters. The molecule has 1 aromatic heterocycles. The molecule has 4 nitrogen and oxygen atoms in total. The third-order valence-corrected chi connectivity index (χ3v) is 4.12. The van der Waals surface area contributed by atoms with Gasteiger partial charge in [-0.3, -0.25) is 4.57 Å². The summed E-state index contributed by atoms with van der Waals surface area (Å²) < 4.78 is 13.7. The lowest BCUT2D eigenvalue weighted by Gasteiger charge is -2.16. The second-order valence-electron chi connectivity index (χ2n) is 5.69. The molecule has 0 fully saturated rings. The Morgan fingerprint density at radius 1 is 0.880 bits per heavy atom. The van der Waals surface area contributed by atoms with Crippen molar-refractivity contribution in [3.8, 4) is 17.2 Å². The van der Waals surface area contributed by atoms with Crippen LogP contribution in [0.15, 0.2) is 79.1 Å². The molecule has 0 N–H and O–H groups in total. The average Bonchev–Trinajstić information content (AvgIpc) is 3.11. The number of imidazole rings is 1. The molecule has 0 radical (unpaired) electrons. The van der Waals surface area contributed by atoms with Crippen LogP contribution < -0.4 is 9.47 Å². The first-order chi connectivity index (χ1) is 12.4. The van der Waals surface area contributed by atoms with Crippen LogP contribution in [-0.4, -0.2) is 16.7 Å². The summed E-state index contributed by atoms with van der Waals surface area (Å²) in [6, 6.07) is 24.0. The Morgan fingerprint density at radius 3 is 2.52 bits per heavy atom. The van der Waals surface area contributed by atoms with E-state index >= 15 is 0 Å². The summed E-state index contributed by atoms with van der Waals surface area (Å²) in [7, 11) is 1.65. The highest BCUT2D eigenvalue weighted by Gasteiger charge is 2.14. The highest BCUT2D eigenvalue weighted by molar-refractivity contribution is 5.78. The van der Waals surface area contributed by atoms with Crippen LogP contribution in [0, 0.1) is 0 Å². The highest BCUT2D eigenvalue weighted by atomic mass is 16.5. The van der Waals surface area contributed by atoms with Crippen LogP contribution in [0.25, 0.3) is 16.7 Å². The number of methoxy groups -OCH3 is 1. The number of nitrogens with zero attached hydrogens (tertiary/aromatic N) is 2. The van der Waals surface area contributed by atoms with E-state index in [0.717, 1.165) is 22.3 Å². The number of hydrogen-bond acceptors (Lipinski definition) is 3. The maximum Gasteiger partial charge on any atom is 0.185 e. The van der Waals surface area contributed by atoms with Gasteiger partial charge in [-0.1, -0.05) is 48.5 Å². The minimum absolute atomic E-state index is 0.473. The van der Waals surface area contributed by atoms with Gasteiger partial charge < -0.3 is 9.47 Å². The Balaban J connectivity index is 1.77. The van der Waals surface area contributed by atoms with E-state index < -0.39 is 0 Å². The van der Waals surface area contributed by atoms with Crippen molar-refractivity contribution in [3.05, 3.63) is 84.7 Å². The first-order valence-electron chi connectivity index (χ1n) is 8.13. The van der Waals surface area contributed by atoms with E-state index in [2.05, 4.69) is 4.98 Å². The molecule has 4 heteroatoms. The summed E-state index contributed by atoms with van der Waals surface area (Å²) >= 11 is 0. The van der Waals surface area contributed by atoms with Crippen LogP contribution in [0.3, 0.4) is 0 Å². The van der Waals surface area contributed by atoms with Crippen molar-refractivity contribution >= 4 is 11.0 Å². The fourth-order valence-corrected chi connectivity index (χ4v) is 2.88. The van der Waals surface area contributed by atoms with Crippen molar-refractivity contribution in [2.45, 2.75) is 6.61 Å². The molecular formula is C21H18N2O2. The Morgan fingerprint density at radius 2 is 1.68 bits per heavy atom. The first-order valence-corrected chi connectivity index (χ1v) is 8.13. The number of ether oxygens (including phenoxy) is 2. The smallest absolute Gasteiger partial charge is 0.185 e. The molecule has 0 amide bonds. The lowest BCUT2D eigenvalue weighted by atomic mass is 10.2. The molecule has 4 aromatic rings. The Hall–Kier alpha value is -3.27. The van der Waals surface area contributed by atoms with Crippen LogP contribution >= 0.6 is 0 Å². The topological polar surface area (TPSA) is 36.3 Å². The number of aromatic nitrogens is 2. The van der Waals surface area contributed by atoms with Gasteiger partial charge >= 0.3 is 0 Å². The van der Waals surface area contributed by atoms with Crippen molar-refractivity contribution in [2.24, 2.45) is 0 Å². The third-order valence-electron chi connectivity index (χ3n) is 4.12. The Labute approximate surface area is 146 Å². The molecule has 124 valence electrons. The van der Waals surface area contributed by atoms with Crippen molar-refractivity contribution in [2.75, 3.05) is 7.11 Å². The van der Waals surface area contributed by atoms with Gasteiger partial charge in [-0.15, -0.1) is 0 Å². The van der Waals surface area contributed by atoms with Gasteiger partial charge in [0.2, 0.25) is 0 Å². The quantitative estimate of drug-likeness (QED) is 0.536. The maximum atomic E-state index is 6.14. The molecule has 0 saturated carbocycles. The minimum atomic E-state index is 0.473. The lowest BCUT2D eigenvalue weighted by molar-refractivity contribution is 0.284. The van der Waals surface area contributed by atoms with E-state index in [0.29, 0.717) is 18.1 Å². The summed E-state index contributed by atoms with van der Waals surface area (Å²) in [5, 5.41) is 0. The second kappa shape index (κ2) is 6.69. The van der Waals surface area contributed by atoms with Gasteiger partial charge in [0, 0.05) is 0 Å². The molecule has 0 aliphatic carbocycles. The Bertz CT molecular complexity index is 993. The van der Waals surface area contributed by atoms with Gasteiger partial charge in [-0.25, -0.2) is 4.98 Å². The number of rotatable bonds is 5. The van der Waals surface area contributed by atoms with Gasteiger partial charge in [0.1, 0.15) is 12.9 Å². The zero-order chi connectivity index (χ0) is 17.1. The molecular weight excluding hydrogens is 312 g/mol. The molecule has 0 aliphatic heterocycles. The van der Waals surface area contributed by atoms with E-state index in [4.69, 9.17) is 9.47 Å². The molecule has 3 aromatic carbocycles. The summed E-state index contributed by atoms with van der Waals surface area (Å²) in [6.45, 7) is 0.473. The molecule has 1 heterocycles. The van der Waals surface area contributed by atoms with Gasteiger partial charge in [0.15, 0.2) is 11.5 Å². The van der Waals surface area contributed by atoms with E-state index in [9.17, 15) is 0 Å². The van der Waals surface area contributed by atoms with E-state index in [-0.39, 0.29) is 0 Å².